The lowest BCUT2D eigenvalue weighted by atomic mass is 10.0. The molecule has 0 unspecified atom stereocenters. The van der Waals surface area contributed by atoms with Crippen molar-refractivity contribution in [3.63, 3.8) is 0 Å². The molecule has 0 bridgehead atoms. The van der Waals surface area contributed by atoms with E-state index in [4.69, 9.17) is 44.9 Å². The molecule has 0 radical (unpaired) electrons. The number of nitrogens with zero attached hydrogens (tertiary/aromatic N) is 2. The summed E-state index contributed by atoms with van der Waals surface area (Å²) in [7, 11) is 0. The molecule has 0 aromatic heterocycles. The highest BCUT2D eigenvalue weighted by atomic mass is 35.5. The zero-order chi connectivity index (χ0) is 28.9. The maximum absolute atomic E-state index is 13.8. The van der Waals surface area contributed by atoms with Crippen molar-refractivity contribution < 1.29 is 19.1 Å². The molecule has 0 saturated carbocycles. The summed E-state index contributed by atoms with van der Waals surface area (Å²) in [5.74, 6) is -0.377. The van der Waals surface area contributed by atoms with E-state index in [2.05, 4.69) is 0 Å². The van der Waals surface area contributed by atoms with Gasteiger partial charge in [-0.1, -0.05) is 71.7 Å². The Morgan fingerprint density at radius 1 is 0.780 bits per heavy atom. The molecule has 0 aliphatic carbocycles. The molecule has 2 amide bonds. The minimum absolute atomic E-state index is 0.0624. The summed E-state index contributed by atoms with van der Waals surface area (Å²) in [6.45, 7) is 2.40. The van der Waals surface area contributed by atoms with Gasteiger partial charge in [0.1, 0.15) is 12.2 Å². The fourth-order valence-electron chi connectivity index (χ4n) is 4.36. The summed E-state index contributed by atoms with van der Waals surface area (Å²) in [4.78, 5) is 30.3. The molecule has 1 saturated heterocycles. The number of carbonyl (C=O) groups is 2. The van der Waals surface area contributed by atoms with Crippen molar-refractivity contribution in [2.75, 3.05) is 16.4 Å². The van der Waals surface area contributed by atoms with Crippen LogP contribution in [-0.4, -0.2) is 23.5 Å². The van der Waals surface area contributed by atoms with Crippen LogP contribution < -0.4 is 19.3 Å². The predicted octanol–water partition coefficient (Wildman–Crippen LogP) is 7.72. The second-order valence-corrected chi connectivity index (χ2v) is 10.2. The van der Waals surface area contributed by atoms with Crippen LogP contribution in [0.5, 0.6) is 11.5 Å². The molecule has 4 aromatic rings. The summed E-state index contributed by atoms with van der Waals surface area (Å²) in [5.41, 5.74) is 2.34. The van der Waals surface area contributed by atoms with Gasteiger partial charge in [0.15, 0.2) is 16.6 Å². The second kappa shape index (κ2) is 12.6. The van der Waals surface area contributed by atoms with E-state index in [9.17, 15) is 9.59 Å². The maximum Gasteiger partial charge on any atom is 0.270 e. The molecular weight excluding hydrogens is 579 g/mol. The van der Waals surface area contributed by atoms with Crippen molar-refractivity contribution in [3.8, 4) is 11.5 Å². The van der Waals surface area contributed by atoms with Gasteiger partial charge in [-0.05, 0) is 84.9 Å². The van der Waals surface area contributed by atoms with Crippen LogP contribution in [0.4, 0.5) is 11.4 Å². The second-order valence-electron chi connectivity index (χ2n) is 8.97. The monoisotopic (exact) mass is 602 g/mol. The van der Waals surface area contributed by atoms with E-state index in [-0.39, 0.29) is 22.3 Å². The van der Waals surface area contributed by atoms with Crippen LogP contribution in [-0.2, 0) is 16.2 Å². The molecular formula is C32H24Cl2N2O4S. The fraction of sp³-hybridized carbons (Fsp3) is 0.0938. The Labute approximate surface area is 253 Å². The Balaban J connectivity index is 1.55. The summed E-state index contributed by atoms with van der Waals surface area (Å²) >= 11 is 18.4. The van der Waals surface area contributed by atoms with Gasteiger partial charge in [-0.2, -0.15) is 0 Å². The van der Waals surface area contributed by atoms with Gasteiger partial charge in [-0.3, -0.25) is 19.4 Å². The first-order valence-corrected chi connectivity index (χ1v) is 13.9. The summed E-state index contributed by atoms with van der Waals surface area (Å²) in [5, 5.41) is 0.919. The number of thiocarbonyl (C=S) groups is 1. The third kappa shape index (κ3) is 6.12. The number of rotatable bonds is 8. The van der Waals surface area contributed by atoms with E-state index in [1.165, 1.54) is 15.9 Å². The predicted molar refractivity (Wildman–Crippen MR) is 167 cm³/mol. The van der Waals surface area contributed by atoms with Gasteiger partial charge in [0.25, 0.3) is 11.8 Å². The molecule has 1 aliphatic heterocycles. The number of amides is 2. The molecule has 5 rings (SSSR count). The van der Waals surface area contributed by atoms with E-state index in [1.807, 2.05) is 31.2 Å². The van der Waals surface area contributed by atoms with E-state index in [0.717, 1.165) is 5.56 Å². The number of para-hydroxylation sites is 2. The number of benzene rings is 4. The molecule has 41 heavy (non-hydrogen) atoms. The summed E-state index contributed by atoms with van der Waals surface area (Å²) < 4.78 is 11.8. The number of hydrogen-bond donors (Lipinski definition) is 0. The molecule has 1 aliphatic rings. The highest BCUT2D eigenvalue weighted by Crippen LogP contribution is 2.39. The number of ether oxygens (including phenoxy) is 2. The Hall–Kier alpha value is -4.17. The van der Waals surface area contributed by atoms with Crippen molar-refractivity contribution in [3.05, 3.63) is 124 Å². The molecule has 1 fully saturated rings. The van der Waals surface area contributed by atoms with Crippen LogP contribution >= 0.6 is 35.4 Å². The van der Waals surface area contributed by atoms with Crippen LogP contribution in [0.1, 0.15) is 18.1 Å². The quantitative estimate of drug-likeness (QED) is 0.117. The first-order chi connectivity index (χ1) is 19.9. The van der Waals surface area contributed by atoms with Crippen molar-refractivity contribution in [2.45, 2.75) is 13.5 Å². The zero-order valence-electron chi connectivity index (χ0n) is 21.9. The summed E-state index contributed by atoms with van der Waals surface area (Å²) in [6, 6.07) is 28.5. The van der Waals surface area contributed by atoms with E-state index in [0.29, 0.717) is 40.1 Å². The lowest BCUT2D eigenvalue weighted by Crippen LogP contribution is -2.56. The van der Waals surface area contributed by atoms with Gasteiger partial charge in [0, 0.05) is 5.02 Å². The summed E-state index contributed by atoms with van der Waals surface area (Å²) in [6.07, 6.45) is 1.49. The number of halogens is 2. The number of carbonyl (C=O) groups excluding carboxylic acids is 2. The lowest BCUT2D eigenvalue weighted by Gasteiger charge is -2.36. The molecule has 0 atom stereocenters. The number of anilines is 2. The van der Waals surface area contributed by atoms with Crippen molar-refractivity contribution >= 4 is 69.8 Å². The Kier molecular flexibility index (Phi) is 8.69. The first kappa shape index (κ1) is 28.4. The van der Waals surface area contributed by atoms with Gasteiger partial charge in [0.05, 0.1) is 23.0 Å². The molecule has 0 N–H and O–H groups in total. The van der Waals surface area contributed by atoms with Crippen molar-refractivity contribution in [2.24, 2.45) is 0 Å². The lowest BCUT2D eigenvalue weighted by molar-refractivity contribution is -0.120. The topological polar surface area (TPSA) is 59.1 Å². The Bertz CT molecular complexity index is 1580. The molecule has 6 nitrogen and oxygen atoms in total. The normalized spacial score (nSPS) is 13.4. The molecule has 0 spiro atoms. The minimum atomic E-state index is -0.547. The van der Waals surface area contributed by atoms with E-state index >= 15 is 0 Å². The highest BCUT2D eigenvalue weighted by molar-refractivity contribution is 7.81. The average molecular weight is 604 g/mol. The van der Waals surface area contributed by atoms with Gasteiger partial charge < -0.3 is 9.47 Å². The minimum Gasteiger partial charge on any atom is -0.490 e. The van der Waals surface area contributed by atoms with Crippen molar-refractivity contribution in [1.29, 1.82) is 0 Å². The maximum atomic E-state index is 13.8. The first-order valence-electron chi connectivity index (χ1n) is 12.8. The Morgan fingerprint density at radius 2 is 1.39 bits per heavy atom. The molecule has 4 aromatic carbocycles. The van der Waals surface area contributed by atoms with Crippen LogP contribution in [0, 0.1) is 0 Å². The molecule has 9 heteroatoms. The van der Waals surface area contributed by atoms with Gasteiger partial charge in [0.2, 0.25) is 0 Å². The van der Waals surface area contributed by atoms with Gasteiger partial charge in [-0.25, -0.2) is 0 Å². The van der Waals surface area contributed by atoms with E-state index in [1.54, 1.807) is 72.8 Å². The van der Waals surface area contributed by atoms with E-state index < -0.39 is 11.8 Å². The highest BCUT2D eigenvalue weighted by Gasteiger charge is 2.41. The van der Waals surface area contributed by atoms with Crippen LogP contribution in [0.25, 0.3) is 6.08 Å². The SMILES string of the molecule is CCOc1cc(C=C2C(=O)N(c3ccccc3)C(=S)N(c3ccccc3)C2=O)cc(Cl)c1OCc1cccc(Cl)c1. The van der Waals surface area contributed by atoms with Crippen LogP contribution in [0.2, 0.25) is 10.0 Å². The third-order valence-electron chi connectivity index (χ3n) is 6.19. The largest absolute Gasteiger partial charge is 0.490 e. The average Bonchev–Trinajstić information content (AvgIpc) is 2.96. The zero-order valence-corrected chi connectivity index (χ0v) is 24.2. The fourth-order valence-corrected chi connectivity index (χ4v) is 5.23. The van der Waals surface area contributed by atoms with Gasteiger partial charge in [-0.15, -0.1) is 0 Å². The standard InChI is InChI=1S/C32H24Cl2N2O4S/c1-2-39-28-19-22(18-27(34)29(28)40-20-21-10-9-11-23(33)16-21)17-26-30(37)35(24-12-5-3-6-13-24)32(41)36(31(26)38)25-14-7-4-8-15-25/h3-19H,2,20H2,1H3. The molecule has 206 valence electrons. The molecule has 1 heterocycles. The van der Waals surface area contributed by atoms with Crippen LogP contribution in [0.15, 0.2) is 103 Å². The number of hydrogen-bond acceptors (Lipinski definition) is 5. The third-order valence-corrected chi connectivity index (χ3v) is 7.07. The smallest absolute Gasteiger partial charge is 0.270 e. The van der Waals surface area contributed by atoms with Gasteiger partial charge >= 0.3 is 0 Å². The Morgan fingerprint density at radius 3 is 1.95 bits per heavy atom. The van der Waals surface area contributed by atoms with Crippen molar-refractivity contribution in [1.82, 2.24) is 0 Å². The van der Waals surface area contributed by atoms with Crippen LogP contribution in [0.3, 0.4) is 0 Å².